The molecule has 0 unspecified atom stereocenters. The van der Waals surface area contributed by atoms with Crippen LogP contribution in [0.2, 0.25) is 0 Å². The largest absolute Gasteiger partial charge is 0.497 e. The Morgan fingerprint density at radius 1 is 1.11 bits per heavy atom. The fourth-order valence-corrected chi connectivity index (χ4v) is 3.26. The molecule has 0 saturated carbocycles. The lowest BCUT2D eigenvalue weighted by molar-refractivity contribution is 0.311. The van der Waals surface area contributed by atoms with Crippen LogP contribution in [-0.2, 0) is 7.05 Å². The van der Waals surface area contributed by atoms with E-state index in [2.05, 4.69) is 26.9 Å². The summed E-state index contributed by atoms with van der Waals surface area (Å²) >= 11 is 0. The van der Waals surface area contributed by atoms with Crippen LogP contribution < -0.4 is 15.4 Å². The topological polar surface area (TPSA) is 85.3 Å². The van der Waals surface area contributed by atoms with E-state index in [1.165, 1.54) is 17.9 Å². The number of aryl methyl sites for hydroxylation is 1. The van der Waals surface area contributed by atoms with Crippen molar-refractivity contribution in [2.75, 3.05) is 51.0 Å². The van der Waals surface area contributed by atoms with Crippen LogP contribution in [0.5, 0.6) is 5.75 Å². The fourth-order valence-electron chi connectivity index (χ4n) is 3.26. The van der Waals surface area contributed by atoms with Crippen LogP contribution in [-0.4, -0.2) is 65.0 Å². The van der Waals surface area contributed by atoms with Gasteiger partial charge in [0.05, 0.1) is 18.2 Å². The average Bonchev–Trinajstić information content (AvgIpc) is 2.95. The molecular formula is C18H22FN7O. The first-order valence-corrected chi connectivity index (χ1v) is 8.75. The SMILES string of the molecule is COc1ccc(-c2nc(N3CCN(C)CC3)nc3nn(C)c(N)c23)c(F)c1. The van der Waals surface area contributed by atoms with Gasteiger partial charge in [-0.3, -0.25) is 4.68 Å². The summed E-state index contributed by atoms with van der Waals surface area (Å²) in [5.74, 6) is 0.959. The summed E-state index contributed by atoms with van der Waals surface area (Å²) < 4.78 is 21.4. The molecule has 1 aliphatic heterocycles. The van der Waals surface area contributed by atoms with Gasteiger partial charge in [0.25, 0.3) is 0 Å². The van der Waals surface area contributed by atoms with E-state index in [9.17, 15) is 4.39 Å². The zero-order chi connectivity index (χ0) is 19.1. The summed E-state index contributed by atoms with van der Waals surface area (Å²) in [6.45, 7) is 3.43. The molecule has 1 saturated heterocycles. The Morgan fingerprint density at radius 2 is 1.85 bits per heavy atom. The Kier molecular flexibility index (Phi) is 4.31. The van der Waals surface area contributed by atoms with E-state index >= 15 is 0 Å². The average molecular weight is 371 g/mol. The lowest BCUT2D eigenvalue weighted by Gasteiger charge is -2.32. The molecule has 0 amide bonds. The van der Waals surface area contributed by atoms with E-state index in [1.807, 2.05) is 0 Å². The Bertz CT molecular complexity index is 995. The highest BCUT2D eigenvalue weighted by Crippen LogP contribution is 2.34. The molecule has 2 aromatic heterocycles. The number of fused-ring (bicyclic) bond motifs is 1. The van der Waals surface area contributed by atoms with Crippen LogP contribution in [0.3, 0.4) is 0 Å². The molecule has 9 heteroatoms. The van der Waals surface area contributed by atoms with Gasteiger partial charge in [-0.2, -0.15) is 10.1 Å². The van der Waals surface area contributed by atoms with E-state index in [0.717, 1.165) is 26.2 Å². The fraction of sp³-hybridized carbons (Fsp3) is 0.389. The molecule has 3 aromatic rings. The Balaban J connectivity index is 1.89. The van der Waals surface area contributed by atoms with Gasteiger partial charge in [-0.15, -0.1) is 0 Å². The molecule has 142 valence electrons. The number of nitrogen functional groups attached to an aromatic ring is 1. The van der Waals surface area contributed by atoms with Crippen molar-refractivity contribution in [1.29, 1.82) is 0 Å². The first-order chi connectivity index (χ1) is 13.0. The molecule has 3 heterocycles. The van der Waals surface area contributed by atoms with Crippen LogP contribution >= 0.6 is 0 Å². The molecule has 0 radical (unpaired) electrons. The highest BCUT2D eigenvalue weighted by atomic mass is 19.1. The van der Waals surface area contributed by atoms with Gasteiger partial charge in [0, 0.05) is 44.9 Å². The van der Waals surface area contributed by atoms with Crippen molar-refractivity contribution in [1.82, 2.24) is 24.6 Å². The first-order valence-electron chi connectivity index (χ1n) is 8.75. The van der Waals surface area contributed by atoms with Crippen molar-refractivity contribution in [3.8, 4) is 17.0 Å². The van der Waals surface area contributed by atoms with Crippen LogP contribution in [0.4, 0.5) is 16.2 Å². The third kappa shape index (κ3) is 3.03. The number of hydrogen-bond acceptors (Lipinski definition) is 7. The van der Waals surface area contributed by atoms with Crippen molar-refractivity contribution < 1.29 is 9.13 Å². The van der Waals surface area contributed by atoms with Gasteiger partial charge in [-0.25, -0.2) is 9.37 Å². The lowest BCUT2D eigenvalue weighted by Crippen LogP contribution is -2.45. The maximum atomic E-state index is 14.8. The molecule has 1 aromatic carbocycles. The number of nitrogens with zero attached hydrogens (tertiary/aromatic N) is 6. The smallest absolute Gasteiger partial charge is 0.228 e. The zero-order valence-corrected chi connectivity index (χ0v) is 15.6. The molecule has 0 atom stereocenters. The van der Waals surface area contributed by atoms with E-state index < -0.39 is 5.82 Å². The summed E-state index contributed by atoms with van der Waals surface area (Å²) in [5.41, 5.74) is 7.43. The first kappa shape index (κ1) is 17.5. The van der Waals surface area contributed by atoms with Crippen molar-refractivity contribution in [3.05, 3.63) is 24.0 Å². The summed E-state index contributed by atoms with van der Waals surface area (Å²) in [5, 5.41) is 4.94. The monoisotopic (exact) mass is 371 g/mol. The third-order valence-electron chi connectivity index (χ3n) is 4.95. The number of piperazine rings is 1. The van der Waals surface area contributed by atoms with Gasteiger partial charge < -0.3 is 20.3 Å². The molecule has 8 nitrogen and oxygen atoms in total. The van der Waals surface area contributed by atoms with Gasteiger partial charge in [-0.1, -0.05) is 0 Å². The van der Waals surface area contributed by atoms with Gasteiger partial charge >= 0.3 is 0 Å². The number of rotatable bonds is 3. The number of benzene rings is 1. The van der Waals surface area contributed by atoms with E-state index in [-0.39, 0.29) is 0 Å². The van der Waals surface area contributed by atoms with Crippen molar-refractivity contribution >= 4 is 22.8 Å². The van der Waals surface area contributed by atoms with Gasteiger partial charge in [0.15, 0.2) is 5.65 Å². The van der Waals surface area contributed by atoms with Crippen LogP contribution in [0, 0.1) is 5.82 Å². The third-order valence-corrected chi connectivity index (χ3v) is 4.95. The number of likely N-dealkylation sites (N-methyl/N-ethyl adjacent to an activating group) is 1. The second-order valence-corrected chi connectivity index (χ2v) is 6.72. The zero-order valence-electron chi connectivity index (χ0n) is 15.6. The molecular weight excluding hydrogens is 349 g/mol. The predicted molar refractivity (Wildman–Crippen MR) is 102 cm³/mol. The number of hydrogen-bond donors (Lipinski definition) is 1. The second kappa shape index (κ2) is 6.66. The van der Waals surface area contributed by atoms with E-state index in [0.29, 0.717) is 39.8 Å². The Morgan fingerprint density at radius 3 is 2.52 bits per heavy atom. The van der Waals surface area contributed by atoms with Crippen molar-refractivity contribution in [3.63, 3.8) is 0 Å². The molecule has 1 fully saturated rings. The number of ether oxygens (including phenoxy) is 1. The summed E-state index contributed by atoms with van der Waals surface area (Å²) in [4.78, 5) is 13.6. The molecule has 27 heavy (non-hydrogen) atoms. The minimum atomic E-state index is -0.429. The van der Waals surface area contributed by atoms with Crippen LogP contribution in [0.25, 0.3) is 22.3 Å². The molecule has 2 N–H and O–H groups in total. The minimum absolute atomic E-state index is 0.346. The lowest BCUT2D eigenvalue weighted by atomic mass is 10.1. The number of anilines is 2. The number of nitrogens with two attached hydrogens (primary N) is 1. The molecule has 0 aliphatic carbocycles. The van der Waals surface area contributed by atoms with Crippen LogP contribution in [0.15, 0.2) is 18.2 Å². The minimum Gasteiger partial charge on any atom is -0.497 e. The predicted octanol–water partition coefficient (Wildman–Crippen LogP) is 1.51. The number of halogens is 1. The Hall–Kier alpha value is -2.94. The highest BCUT2D eigenvalue weighted by molar-refractivity contribution is 5.99. The summed E-state index contributed by atoms with van der Waals surface area (Å²) in [6, 6.07) is 4.69. The van der Waals surface area contributed by atoms with E-state index in [4.69, 9.17) is 15.5 Å². The van der Waals surface area contributed by atoms with Crippen molar-refractivity contribution in [2.24, 2.45) is 7.05 Å². The molecule has 4 rings (SSSR count). The second-order valence-electron chi connectivity index (χ2n) is 6.72. The number of aromatic nitrogens is 4. The van der Waals surface area contributed by atoms with Crippen LogP contribution in [0.1, 0.15) is 0 Å². The quantitative estimate of drug-likeness (QED) is 0.747. The summed E-state index contributed by atoms with van der Waals surface area (Å²) in [6.07, 6.45) is 0. The van der Waals surface area contributed by atoms with Gasteiger partial charge in [0.1, 0.15) is 17.4 Å². The summed E-state index contributed by atoms with van der Waals surface area (Å²) in [7, 11) is 5.32. The molecule has 0 spiro atoms. The Labute approximate surface area is 156 Å². The van der Waals surface area contributed by atoms with E-state index in [1.54, 1.807) is 19.2 Å². The maximum Gasteiger partial charge on any atom is 0.228 e. The van der Waals surface area contributed by atoms with Gasteiger partial charge in [-0.05, 0) is 19.2 Å². The highest BCUT2D eigenvalue weighted by Gasteiger charge is 2.23. The maximum absolute atomic E-state index is 14.8. The number of methoxy groups -OCH3 is 1. The standard InChI is InChI=1S/C18H22FN7O/c1-24-6-8-26(9-7-24)18-21-15(12-5-4-11(27-3)10-13(12)19)14-16(20)25(2)23-17(14)22-18/h4-5,10H,6-9,20H2,1-3H3. The molecule has 1 aliphatic rings. The van der Waals surface area contributed by atoms with Crippen molar-refractivity contribution in [2.45, 2.75) is 0 Å². The molecule has 0 bridgehead atoms. The van der Waals surface area contributed by atoms with Gasteiger partial charge in [0.2, 0.25) is 5.95 Å². The normalized spacial score (nSPS) is 15.5.